The molecule has 0 saturated carbocycles. The summed E-state index contributed by atoms with van der Waals surface area (Å²) < 4.78 is 13.3. The number of anilines is 2. The van der Waals surface area contributed by atoms with Gasteiger partial charge in [-0.3, -0.25) is 4.79 Å². The van der Waals surface area contributed by atoms with Crippen LogP contribution in [0.5, 0.6) is 0 Å². The standard InChI is InChI=1S/C12H17FN2O/c1-3-8(2)6-12(16)15-11-5-4-9(14)7-10(11)13/h4-5,7-8H,3,6,14H2,1-2H3,(H,15,16). The van der Waals surface area contributed by atoms with E-state index in [1.807, 2.05) is 13.8 Å². The second-order valence-electron chi connectivity index (χ2n) is 4.01. The normalized spacial score (nSPS) is 12.2. The molecule has 0 saturated heterocycles. The highest BCUT2D eigenvalue weighted by Gasteiger charge is 2.10. The molecule has 1 amide bonds. The van der Waals surface area contributed by atoms with E-state index >= 15 is 0 Å². The number of benzene rings is 1. The molecule has 0 aliphatic carbocycles. The van der Waals surface area contributed by atoms with Crippen molar-refractivity contribution in [1.82, 2.24) is 0 Å². The number of nitrogens with one attached hydrogen (secondary N) is 1. The minimum absolute atomic E-state index is 0.168. The molecule has 3 N–H and O–H groups in total. The van der Waals surface area contributed by atoms with Crippen LogP contribution >= 0.6 is 0 Å². The average Bonchev–Trinajstić information content (AvgIpc) is 2.22. The van der Waals surface area contributed by atoms with E-state index in [4.69, 9.17) is 5.73 Å². The molecule has 3 nitrogen and oxygen atoms in total. The van der Waals surface area contributed by atoms with Crippen LogP contribution in [0.4, 0.5) is 15.8 Å². The monoisotopic (exact) mass is 224 g/mol. The maximum atomic E-state index is 13.3. The van der Waals surface area contributed by atoms with Crippen LogP contribution in [0.15, 0.2) is 18.2 Å². The third kappa shape index (κ3) is 3.53. The molecule has 0 spiro atoms. The van der Waals surface area contributed by atoms with E-state index in [1.165, 1.54) is 12.1 Å². The van der Waals surface area contributed by atoms with Gasteiger partial charge < -0.3 is 11.1 Å². The van der Waals surface area contributed by atoms with Crippen molar-refractivity contribution < 1.29 is 9.18 Å². The van der Waals surface area contributed by atoms with E-state index in [1.54, 1.807) is 6.07 Å². The first-order valence-electron chi connectivity index (χ1n) is 5.37. The van der Waals surface area contributed by atoms with Crippen LogP contribution in [0.1, 0.15) is 26.7 Å². The number of rotatable bonds is 4. The van der Waals surface area contributed by atoms with Crippen LogP contribution in [0.3, 0.4) is 0 Å². The molecule has 0 aromatic heterocycles. The fourth-order valence-corrected chi connectivity index (χ4v) is 1.29. The smallest absolute Gasteiger partial charge is 0.224 e. The second-order valence-corrected chi connectivity index (χ2v) is 4.01. The predicted molar refractivity (Wildman–Crippen MR) is 63.5 cm³/mol. The Morgan fingerprint density at radius 1 is 1.56 bits per heavy atom. The van der Waals surface area contributed by atoms with E-state index in [0.717, 1.165) is 6.42 Å². The minimum atomic E-state index is -0.502. The van der Waals surface area contributed by atoms with Crippen molar-refractivity contribution in [3.63, 3.8) is 0 Å². The van der Waals surface area contributed by atoms with Crippen molar-refractivity contribution in [3.05, 3.63) is 24.0 Å². The molecule has 0 heterocycles. The maximum Gasteiger partial charge on any atom is 0.224 e. The van der Waals surface area contributed by atoms with Crippen LogP contribution < -0.4 is 11.1 Å². The van der Waals surface area contributed by atoms with Crippen LogP contribution in [0.25, 0.3) is 0 Å². The lowest BCUT2D eigenvalue weighted by molar-refractivity contribution is -0.117. The summed E-state index contributed by atoms with van der Waals surface area (Å²) in [5.74, 6) is -0.368. The molecule has 1 unspecified atom stereocenters. The quantitative estimate of drug-likeness (QED) is 0.773. The summed E-state index contributed by atoms with van der Waals surface area (Å²) in [7, 11) is 0. The van der Waals surface area contributed by atoms with Gasteiger partial charge in [-0.25, -0.2) is 4.39 Å². The Hall–Kier alpha value is -1.58. The highest BCUT2D eigenvalue weighted by atomic mass is 19.1. The number of nitrogen functional groups attached to an aromatic ring is 1. The van der Waals surface area contributed by atoms with Gasteiger partial charge in [0.25, 0.3) is 0 Å². The summed E-state index contributed by atoms with van der Waals surface area (Å²) in [4.78, 5) is 11.5. The zero-order valence-corrected chi connectivity index (χ0v) is 9.59. The zero-order valence-electron chi connectivity index (χ0n) is 9.59. The van der Waals surface area contributed by atoms with Gasteiger partial charge in [0.15, 0.2) is 0 Å². The number of hydrogen-bond acceptors (Lipinski definition) is 2. The van der Waals surface area contributed by atoms with E-state index in [0.29, 0.717) is 18.0 Å². The van der Waals surface area contributed by atoms with Crippen molar-refractivity contribution in [1.29, 1.82) is 0 Å². The number of hydrogen-bond donors (Lipinski definition) is 2. The number of carbonyl (C=O) groups excluding carboxylic acids is 1. The van der Waals surface area contributed by atoms with Crippen LogP contribution in [0.2, 0.25) is 0 Å². The van der Waals surface area contributed by atoms with Gasteiger partial charge in [-0.2, -0.15) is 0 Å². The fraction of sp³-hybridized carbons (Fsp3) is 0.417. The molecular weight excluding hydrogens is 207 g/mol. The lowest BCUT2D eigenvalue weighted by Gasteiger charge is -2.10. The first kappa shape index (κ1) is 12.5. The molecule has 4 heteroatoms. The molecule has 0 aliphatic heterocycles. The van der Waals surface area contributed by atoms with Crippen molar-refractivity contribution in [2.24, 2.45) is 5.92 Å². The minimum Gasteiger partial charge on any atom is -0.399 e. The van der Waals surface area contributed by atoms with Gasteiger partial charge in [-0.15, -0.1) is 0 Å². The summed E-state index contributed by atoms with van der Waals surface area (Å²) >= 11 is 0. The Labute approximate surface area is 94.8 Å². The third-order valence-corrected chi connectivity index (χ3v) is 2.50. The first-order valence-corrected chi connectivity index (χ1v) is 5.37. The lowest BCUT2D eigenvalue weighted by Crippen LogP contribution is -2.15. The Bertz CT molecular complexity index is 379. The van der Waals surface area contributed by atoms with E-state index in [2.05, 4.69) is 5.32 Å². The molecule has 1 rings (SSSR count). The van der Waals surface area contributed by atoms with Gasteiger partial charge >= 0.3 is 0 Å². The molecule has 0 fully saturated rings. The summed E-state index contributed by atoms with van der Waals surface area (Å²) in [5.41, 5.74) is 5.94. The Morgan fingerprint density at radius 2 is 2.25 bits per heavy atom. The molecule has 0 bridgehead atoms. The topological polar surface area (TPSA) is 55.1 Å². The molecular formula is C12H17FN2O. The molecule has 1 aromatic carbocycles. The highest BCUT2D eigenvalue weighted by molar-refractivity contribution is 5.91. The summed E-state index contributed by atoms with van der Waals surface area (Å²) in [6.07, 6.45) is 1.33. The van der Waals surface area contributed by atoms with Gasteiger partial charge in [0, 0.05) is 12.1 Å². The SMILES string of the molecule is CCC(C)CC(=O)Nc1ccc(N)cc1F. The van der Waals surface area contributed by atoms with E-state index < -0.39 is 5.82 Å². The molecule has 1 aromatic rings. The van der Waals surface area contributed by atoms with Crippen LogP contribution in [0, 0.1) is 11.7 Å². The van der Waals surface area contributed by atoms with Crippen LogP contribution in [-0.2, 0) is 4.79 Å². The second kappa shape index (κ2) is 5.49. The maximum absolute atomic E-state index is 13.3. The van der Waals surface area contributed by atoms with Crippen molar-refractivity contribution in [2.75, 3.05) is 11.1 Å². The highest BCUT2D eigenvalue weighted by Crippen LogP contribution is 2.17. The van der Waals surface area contributed by atoms with Gasteiger partial charge in [0.05, 0.1) is 5.69 Å². The van der Waals surface area contributed by atoms with Gasteiger partial charge in [-0.05, 0) is 24.1 Å². The largest absolute Gasteiger partial charge is 0.399 e. The third-order valence-electron chi connectivity index (χ3n) is 2.50. The Morgan fingerprint density at radius 3 is 2.81 bits per heavy atom. The molecule has 1 atom stereocenters. The number of amides is 1. The Kier molecular flexibility index (Phi) is 4.28. The van der Waals surface area contributed by atoms with E-state index in [-0.39, 0.29) is 11.6 Å². The predicted octanol–water partition coefficient (Wildman–Crippen LogP) is 2.78. The molecule has 88 valence electrons. The van der Waals surface area contributed by atoms with Crippen molar-refractivity contribution in [3.8, 4) is 0 Å². The summed E-state index contributed by atoms with van der Waals surface area (Å²) in [5, 5.41) is 2.53. The average molecular weight is 224 g/mol. The van der Waals surface area contributed by atoms with Crippen LogP contribution in [-0.4, -0.2) is 5.91 Å². The zero-order chi connectivity index (χ0) is 12.1. The van der Waals surface area contributed by atoms with Gasteiger partial charge in [0.2, 0.25) is 5.91 Å². The first-order chi connectivity index (χ1) is 7.52. The fourth-order valence-electron chi connectivity index (χ4n) is 1.29. The Balaban J connectivity index is 2.63. The van der Waals surface area contributed by atoms with Crippen molar-refractivity contribution in [2.45, 2.75) is 26.7 Å². The van der Waals surface area contributed by atoms with E-state index in [9.17, 15) is 9.18 Å². The number of halogens is 1. The number of nitrogens with two attached hydrogens (primary N) is 1. The summed E-state index contributed by atoms with van der Waals surface area (Å²) in [6, 6.07) is 4.22. The molecule has 0 aliphatic rings. The lowest BCUT2D eigenvalue weighted by atomic mass is 10.1. The molecule has 16 heavy (non-hydrogen) atoms. The van der Waals surface area contributed by atoms with Crippen molar-refractivity contribution >= 4 is 17.3 Å². The number of carbonyl (C=O) groups is 1. The molecule has 0 radical (unpaired) electrons. The van der Waals surface area contributed by atoms with Gasteiger partial charge in [0.1, 0.15) is 5.82 Å². The van der Waals surface area contributed by atoms with Gasteiger partial charge in [-0.1, -0.05) is 20.3 Å². The summed E-state index contributed by atoms with van der Waals surface area (Å²) in [6.45, 7) is 4.00.